The highest BCUT2D eigenvalue weighted by Gasteiger charge is 2.06. The molecule has 0 saturated carbocycles. The summed E-state index contributed by atoms with van der Waals surface area (Å²) >= 11 is 9.47. The molecule has 0 fully saturated rings. The van der Waals surface area contributed by atoms with Crippen LogP contribution in [-0.2, 0) is 13.2 Å². The summed E-state index contributed by atoms with van der Waals surface area (Å²) in [6, 6.07) is 11.3. The molecule has 20 heavy (non-hydrogen) atoms. The van der Waals surface area contributed by atoms with Crippen molar-refractivity contribution in [1.82, 2.24) is 0 Å². The lowest BCUT2D eigenvalue weighted by Crippen LogP contribution is -2.02. The minimum absolute atomic E-state index is 0.414. The Balaban J connectivity index is 2.12. The van der Waals surface area contributed by atoms with Gasteiger partial charge in [-0.15, -0.1) is 0 Å². The van der Waals surface area contributed by atoms with Crippen LogP contribution in [-0.4, -0.2) is 7.11 Å². The van der Waals surface area contributed by atoms with Crippen molar-refractivity contribution in [2.75, 3.05) is 7.11 Å². The van der Waals surface area contributed by atoms with Gasteiger partial charge in [-0.1, -0.05) is 39.7 Å². The molecule has 0 aromatic heterocycles. The van der Waals surface area contributed by atoms with Gasteiger partial charge in [0.15, 0.2) is 0 Å². The third-order valence-electron chi connectivity index (χ3n) is 2.86. The second-order valence-electron chi connectivity index (χ2n) is 4.21. The Morgan fingerprint density at radius 1 is 1.15 bits per heavy atom. The second-order valence-corrected chi connectivity index (χ2v) is 5.54. The average Bonchev–Trinajstić information content (AvgIpc) is 2.47. The van der Waals surface area contributed by atoms with Crippen LogP contribution in [0.1, 0.15) is 11.1 Å². The van der Waals surface area contributed by atoms with E-state index in [1.807, 2.05) is 30.3 Å². The quantitative estimate of drug-likeness (QED) is 0.875. The lowest BCUT2D eigenvalue weighted by atomic mass is 10.1. The van der Waals surface area contributed by atoms with Crippen molar-refractivity contribution in [3.63, 3.8) is 0 Å². The first-order chi connectivity index (χ1) is 9.63. The van der Waals surface area contributed by atoms with Gasteiger partial charge in [0.05, 0.1) is 12.1 Å². The number of hydrogen-bond donors (Lipinski definition) is 1. The minimum Gasteiger partial charge on any atom is -0.496 e. The topological polar surface area (TPSA) is 44.5 Å². The van der Waals surface area contributed by atoms with E-state index >= 15 is 0 Å². The fraction of sp³-hybridized carbons (Fsp3) is 0.200. The maximum atomic E-state index is 6.08. The van der Waals surface area contributed by atoms with E-state index in [1.54, 1.807) is 13.2 Å². The molecule has 0 saturated heterocycles. The molecule has 0 unspecified atom stereocenters. The summed E-state index contributed by atoms with van der Waals surface area (Å²) in [5.41, 5.74) is 7.61. The van der Waals surface area contributed by atoms with Crippen molar-refractivity contribution in [1.29, 1.82) is 0 Å². The zero-order valence-electron chi connectivity index (χ0n) is 11.0. The van der Waals surface area contributed by atoms with Crippen LogP contribution in [0.25, 0.3) is 0 Å². The molecule has 0 amide bonds. The third kappa shape index (κ3) is 3.66. The molecule has 106 valence electrons. The smallest absolute Gasteiger partial charge is 0.139 e. The molecular formula is C15H15BrClNO2. The monoisotopic (exact) mass is 355 g/mol. The molecule has 0 aliphatic carbocycles. The summed E-state index contributed by atoms with van der Waals surface area (Å²) < 4.78 is 12.0. The summed E-state index contributed by atoms with van der Waals surface area (Å²) in [6.45, 7) is 0.860. The molecular weight excluding hydrogens is 342 g/mol. The molecule has 0 radical (unpaired) electrons. The molecule has 0 heterocycles. The second kappa shape index (κ2) is 6.97. The number of hydrogen-bond acceptors (Lipinski definition) is 3. The Morgan fingerprint density at radius 2 is 1.95 bits per heavy atom. The van der Waals surface area contributed by atoms with E-state index < -0.39 is 0 Å². The Kier molecular flexibility index (Phi) is 5.29. The van der Waals surface area contributed by atoms with Gasteiger partial charge in [0.25, 0.3) is 0 Å². The number of nitrogens with two attached hydrogens (primary N) is 1. The largest absolute Gasteiger partial charge is 0.496 e. The van der Waals surface area contributed by atoms with Gasteiger partial charge in [0.2, 0.25) is 0 Å². The summed E-state index contributed by atoms with van der Waals surface area (Å²) in [5, 5.41) is 0.582. The number of ether oxygens (including phenoxy) is 2. The Labute approximate surface area is 131 Å². The molecule has 2 N–H and O–H groups in total. The number of rotatable bonds is 5. The fourth-order valence-electron chi connectivity index (χ4n) is 1.80. The van der Waals surface area contributed by atoms with E-state index in [4.69, 9.17) is 26.8 Å². The van der Waals surface area contributed by atoms with Crippen LogP contribution in [0.2, 0.25) is 5.02 Å². The van der Waals surface area contributed by atoms with Crippen molar-refractivity contribution in [2.45, 2.75) is 13.2 Å². The van der Waals surface area contributed by atoms with Crippen molar-refractivity contribution < 1.29 is 9.47 Å². The fourth-order valence-corrected chi connectivity index (χ4v) is 2.31. The maximum absolute atomic E-state index is 6.08. The Bertz CT molecular complexity index is 604. The molecule has 2 rings (SSSR count). The maximum Gasteiger partial charge on any atom is 0.139 e. The van der Waals surface area contributed by atoms with E-state index in [0.29, 0.717) is 23.9 Å². The van der Waals surface area contributed by atoms with Gasteiger partial charge in [-0.3, -0.25) is 0 Å². The highest BCUT2D eigenvalue weighted by atomic mass is 79.9. The molecule has 0 aliphatic heterocycles. The van der Waals surface area contributed by atoms with Crippen LogP contribution in [0, 0.1) is 0 Å². The van der Waals surface area contributed by atoms with Crippen LogP contribution in [0.5, 0.6) is 11.5 Å². The van der Waals surface area contributed by atoms with E-state index in [2.05, 4.69) is 15.9 Å². The summed E-state index contributed by atoms with van der Waals surface area (Å²) in [4.78, 5) is 0. The Morgan fingerprint density at radius 3 is 2.65 bits per heavy atom. The SMILES string of the molecule is COc1cc(COc2cc(Br)ccc2Cl)ccc1CN. The predicted octanol–water partition coefficient (Wildman–Crippen LogP) is 4.15. The summed E-state index contributed by atoms with van der Waals surface area (Å²) in [7, 11) is 1.63. The normalized spacial score (nSPS) is 10.4. The van der Waals surface area contributed by atoms with Crippen LogP contribution >= 0.6 is 27.5 Å². The van der Waals surface area contributed by atoms with Gasteiger partial charge in [-0.2, -0.15) is 0 Å². The Hall–Kier alpha value is -1.23. The molecule has 2 aromatic rings. The first-order valence-electron chi connectivity index (χ1n) is 6.07. The molecule has 2 aromatic carbocycles. The van der Waals surface area contributed by atoms with E-state index in [1.165, 1.54) is 0 Å². The average molecular weight is 357 g/mol. The lowest BCUT2D eigenvalue weighted by molar-refractivity contribution is 0.305. The molecule has 3 nitrogen and oxygen atoms in total. The van der Waals surface area contributed by atoms with Crippen LogP contribution in [0.4, 0.5) is 0 Å². The first kappa shape index (κ1) is 15.2. The van der Waals surface area contributed by atoms with Crippen molar-refractivity contribution in [3.05, 3.63) is 57.0 Å². The van der Waals surface area contributed by atoms with Gasteiger partial charge in [0.1, 0.15) is 18.1 Å². The summed E-state index contributed by atoms with van der Waals surface area (Å²) in [6.07, 6.45) is 0. The number of halogens is 2. The number of methoxy groups -OCH3 is 1. The molecule has 0 aliphatic rings. The van der Waals surface area contributed by atoms with Gasteiger partial charge in [-0.25, -0.2) is 0 Å². The zero-order chi connectivity index (χ0) is 14.5. The van der Waals surface area contributed by atoms with Crippen LogP contribution < -0.4 is 15.2 Å². The van der Waals surface area contributed by atoms with Crippen molar-refractivity contribution in [3.8, 4) is 11.5 Å². The van der Waals surface area contributed by atoms with Gasteiger partial charge in [0, 0.05) is 16.6 Å². The molecule has 0 spiro atoms. The van der Waals surface area contributed by atoms with E-state index in [0.717, 1.165) is 21.3 Å². The first-order valence-corrected chi connectivity index (χ1v) is 7.25. The van der Waals surface area contributed by atoms with Gasteiger partial charge in [-0.05, 0) is 29.8 Å². The number of benzene rings is 2. The predicted molar refractivity (Wildman–Crippen MR) is 84.4 cm³/mol. The summed E-state index contributed by atoms with van der Waals surface area (Å²) in [5.74, 6) is 1.41. The molecule has 0 atom stereocenters. The molecule has 5 heteroatoms. The van der Waals surface area contributed by atoms with Crippen LogP contribution in [0.3, 0.4) is 0 Å². The van der Waals surface area contributed by atoms with Crippen molar-refractivity contribution in [2.24, 2.45) is 5.73 Å². The van der Waals surface area contributed by atoms with E-state index in [-0.39, 0.29) is 0 Å². The minimum atomic E-state index is 0.414. The highest BCUT2D eigenvalue weighted by Crippen LogP contribution is 2.29. The zero-order valence-corrected chi connectivity index (χ0v) is 13.4. The van der Waals surface area contributed by atoms with Crippen LogP contribution in [0.15, 0.2) is 40.9 Å². The lowest BCUT2D eigenvalue weighted by Gasteiger charge is -2.11. The van der Waals surface area contributed by atoms with Gasteiger partial charge < -0.3 is 15.2 Å². The highest BCUT2D eigenvalue weighted by molar-refractivity contribution is 9.10. The van der Waals surface area contributed by atoms with Gasteiger partial charge >= 0.3 is 0 Å². The third-order valence-corrected chi connectivity index (χ3v) is 3.66. The van der Waals surface area contributed by atoms with E-state index in [9.17, 15) is 0 Å². The standard InChI is InChI=1S/C15H15BrClNO2/c1-19-14-6-10(2-3-11(14)8-18)9-20-15-7-12(16)4-5-13(15)17/h2-7H,8-9,18H2,1H3. The molecule has 0 bridgehead atoms. The van der Waals surface area contributed by atoms with Crippen molar-refractivity contribution >= 4 is 27.5 Å².